The van der Waals surface area contributed by atoms with Crippen LogP contribution in [-0.2, 0) is 0 Å². The average molecular weight is 305 g/mol. The van der Waals surface area contributed by atoms with Gasteiger partial charge in [0.2, 0.25) is 0 Å². The molecule has 0 aliphatic carbocycles. The number of hydrogen-bond donors (Lipinski definition) is 1. The van der Waals surface area contributed by atoms with Gasteiger partial charge in [-0.25, -0.2) is 0 Å². The van der Waals surface area contributed by atoms with Crippen LogP contribution in [-0.4, -0.2) is 11.4 Å². The molecule has 0 aromatic heterocycles. The van der Waals surface area contributed by atoms with Crippen LogP contribution in [0.15, 0.2) is 22.7 Å². The number of carbonyl (C=O) groups excluding carboxylic acids is 1. The largest absolute Gasteiger partial charge is 0.347 e. The highest BCUT2D eigenvalue weighted by Gasteiger charge is 2.20. The molecule has 0 aliphatic rings. The Labute approximate surface area is 110 Å². The second kappa shape index (κ2) is 5.19. The van der Waals surface area contributed by atoms with Crippen molar-refractivity contribution in [1.29, 1.82) is 0 Å². The molecule has 0 bridgehead atoms. The molecule has 16 heavy (non-hydrogen) atoms. The fourth-order valence-electron chi connectivity index (χ4n) is 1.13. The summed E-state index contributed by atoms with van der Waals surface area (Å²) in [5.74, 6) is -0.141. The van der Waals surface area contributed by atoms with E-state index in [0.717, 1.165) is 10.9 Å². The number of nitrogens with one attached hydrogen (secondary N) is 1. The van der Waals surface area contributed by atoms with E-state index in [4.69, 9.17) is 11.6 Å². The Morgan fingerprint density at radius 2 is 2.12 bits per heavy atom. The molecule has 0 heterocycles. The van der Waals surface area contributed by atoms with Gasteiger partial charge in [0.15, 0.2) is 0 Å². The van der Waals surface area contributed by atoms with Crippen LogP contribution < -0.4 is 5.32 Å². The highest BCUT2D eigenvalue weighted by molar-refractivity contribution is 9.10. The van der Waals surface area contributed by atoms with Gasteiger partial charge in [0, 0.05) is 10.0 Å². The zero-order chi connectivity index (χ0) is 12.3. The predicted molar refractivity (Wildman–Crippen MR) is 71.0 cm³/mol. The SMILES string of the molecule is CCC(C)(C)NC(=O)c1cc(Br)ccc1Cl. The van der Waals surface area contributed by atoms with Crippen molar-refractivity contribution in [3.8, 4) is 0 Å². The first kappa shape index (κ1) is 13.5. The molecule has 0 fully saturated rings. The van der Waals surface area contributed by atoms with Crippen molar-refractivity contribution in [2.75, 3.05) is 0 Å². The van der Waals surface area contributed by atoms with Crippen molar-refractivity contribution < 1.29 is 4.79 Å². The standard InChI is InChI=1S/C12H15BrClNO/c1-4-12(2,3)15-11(16)9-7-8(13)5-6-10(9)14/h5-7H,4H2,1-3H3,(H,15,16). The molecule has 0 aliphatic heterocycles. The normalized spacial score (nSPS) is 11.3. The number of amides is 1. The summed E-state index contributed by atoms with van der Waals surface area (Å²) in [6.45, 7) is 6.00. The summed E-state index contributed by atoms with van der Waals surface area (Å²) >= 11 is 9.30. The quantitative estimate of drug-likeness (QED) is 0.898. The molecule has 0 unspecified atom stereocenters. The third kappa shape index (κ3) is 3.49. The summed E-state index contributed by atoms with van der Waals surface area (Å²) in [6, 6.07) is 5.24. The molecular formula is C12H15BrClNO. The maximum atomic E-state index is 12.0. The lowest BCUT2D eigenvalue weighted by Crippen LogP contribution is -2.42. The van der Waals surface area contributed by atoms with E-state index in [1.54, 1.807) is 12.1 Å². The monoisotopic (exact) mass is 303 g/mol. The summed E-state index contributed by atoms with van der Waals surface area (Å²) in [7, 11) is 0. The Kier molecular flexibility index (Phi) is 4.39. The summed E-state index contributed by atoms with van der Waals surface area (Å²) < 4.78 is 0.844. The summed E-state index contributed by atoms with van der Waals surface area (Å²) in [5.41, 5.74) is 0.278. The first-order valence-electron chi connectivity index (χ1n) is 5.13. The number of halogens is 2. The van der Waals surface area contributed by atoms with Gasteiger partial charge in [-0.15, -0.1) is 0 Å². The van der Waals surface area contributed by atoms with E-state index in [1.807, 2.05) is 26.8 Å². The second-order valence-corrected chi connectivity index (χ2v) is 5.64. The average Bonchev–Trinajstić information content (AvgIpc) is 2.21. The van der Waals surface area contributed by atoms with Crippen LogP contribution in [0.4, 0.5) is 0 Å². The number of rotatable bonds is 3. The van der Waals surface area contributed by atoms with E-state index < -0.39 is 0 Å². The molecular weight excluding hydrogens is 289 g/mol. The smallest absolute Gasteiger partial charge is 0.253 e. The highest BCUT2D eigenvalue weighted by atomic mass is 79.9. The van der Waals surface area contributed by atoms with Crippen molar-refractivity contribution in [3.05, 3.63) is 33.3 Å². The van der Waals surface area contributed by atoms with Gasteiger partial charge in [-0.3, -0.25) is 4.79 Å². The summed E-state index contributed by atoms with van der Waals surface area (Å²) in [4.78, 5) is 12.0. The van der Waals surface area contributed by atoms with Crippen LogP contribution in [0.1, 0.15) is 37.6 Å². The van der Waals surface area contributed by atoms with Gasteiger partial charge < -0.3 is 5.32 Å². The fraction of sp³-hybridized carbons (Fsp3) is 0.417. The van der Waals surface area contributed by atoms with E-state index in [-0.39, 0.29) is 11.4 Å². The number of carbonyl (C=O) groups is 1. The maximum absolute atomic E-state index is 12.0. The maximum Gasteiger partial charge on any atom is 0.253 e. The molecule has 1 amide bonds. The molecule has 0 spiro atoms. The second-order valence-electron chi connectivity index (χ2n) is 4.32. The minimum absolute atomic E-state index is 0.141. The van der Waals surface area contributed by atoms with E-state index >= 15 is 0 Å². The van der Waals surface area contributed by atoms with E-state index in [1.165, 1.54) is 0 Å². The van der Waals surface area contributed by atoms with Crippen LogP contribution in [0.5, 0.6) is 0 Å². The van der Waals surface area contributed by atoms with Crippen molar-refractivity contribution in [1.82, 2.24) is 5.32 Å². The molecule has 1 aromatic carbocycles. The van der Waals surface area contributed by atoms with Gasteiger partial charge in [-0.1, -0.05) is 34.5 Å². The molecule has 1 aromatic rings. The van der Waals surface area contributed by atoms with Gasteiger partial charge in [0.1, 0.15) is 0 Å². The van der Waals surface area contributed by atoms with Gasteiger partial charge in [0.25, 0.3) is 5.91 Å². The number of hydrogen-bond acceptors (Lipinski definition) is 1. The lowest BCUT2D eigenvalue weighted by molar-refractivity contribution is 0.0911. The van der Waals surface area contributed by atoms with Crippen LogP contribution in [0.25, 0.3) is 0 Å². The first-order valence-corrected chi connectivity index (χ1v) is 6.30. The minimum Gasteiger partial charge on any atom is -0.347 e. The predicted octanol–water partition coefficient (Wildman–Crippen LogP) is 4.02. The van der Waals surface area contributed by atoms with Gasteiger partial charge >= 0.3 is 0 Å². The third-order valence-corrected chi connectivity index (χ3v) is 3.33. The zero-order valence-corrected chi connectivity index (χ0v) is 11.9. The third-order valence-electron chi connectivity index (χ3n) is 2.51. The Morgan fingerprint density at radius 3 is 2.69 bits per heavy atom. The molecule has 1 N–H and O–H groups in total. The van der Waals surface area contributed by atoms with E-state index in [0.29, 0.717) is 10.6 Å². The Hall–Kier alpha value is -0.540. The van der Waals surface area contributed by atoms with Crippen LogP contribution in [0.3, 0.4) is 0 Å². The topological polar surface area (TPSA) is 29.1 Å². The molecule has 0 saturated carbocycles. The fourth-order valence-corrected chi connectivity index (χ4v) is 1.70. The lowest BCUT2D eigenvalue weighted by atomic mass is 10.0. The molecule has 0 radical (unpaired) electrons. The van der Waals surface area contributed by atoms with Crippen molar-refractivity contribution in [2.45, 2.75) is 32.7 Å². The van der Waals surface area contributed by atoms with Crippen molar-refractivity contribution in [2.24, 2.45) is 0 Å². The highest BCUT2D eigenvalue weighted by Crippen LogP contribution is 2.21. The molecule has 2 nitrogen and oxygen atoms in total. The van der Waals surface area contributed by atoms with Crippen molar-refractivity contribution >= 4 is 33.4 Å². The van der Waals surface area contributed by atoms with Crippen molar-refractivity contribution in [3.63, 3.8) is 0 Å². The summed E-state index contributed by atoms with van der Waals surface area (Å²) in [6.07, 6.45) is 0.865. The summed E-state index contributed by atoms with van der Waals surface area (Å²) in [5, 5.41) is 3.41. The van der Waals surface area contributed by atoms with Crippen LogP contribution >= 0.6 is 27.5 Å². The van der Waals surface area contributed by atoms with Gasteiger partial charge in [-0.05, 0) is 38.5 Å². The molecule has 4 heteroatoms. The first-order chi connectivity index (χ1) is 7.35. The minimum atomic E-state index is -0.220. The zero-order valence-electron chi connectivity index (χ0n) is 9.60. The molecule has 0 saturated heterocycles. The van der Waals surface area contributed by atoms with Crippen LogP contribution in [0, 0.1) is 0 Å². The van der Waals surface area contributed by atoms with Gasteiger partial charge in [-0.2, -0.15) is 0 Å². The Bertz CT molecular complexity index is 404. The van der Waals surface area contributed by atoms with E-state index in [9.17, 15) is 4.79 Å². The van der Waals surface area contributed by atoms with Crippen LogP contribution in [0.2, 0.25) is 5.02 Å². The van der Waals surface area contributed by atoms with Gasteiger partial charge in [0.05, 0.1) is 10.6 Å². The molecule has 0 atom stereocenters. The Balaban J connectivity index is 2.93. The molecule has 1 rings (SSSR count). The van der Waals surface area contributed by atoms with E-state index in [2.05, 4.69) is 21.2 Å². The molecule has 88 valence electrons. The number of benzene rings is 1. The Morgan fingerprint density at radius 1 is 1.50 bits per heavy atom. The lowest BCUT2D eigenvalue weighted by Gasteiger charge is -2.24.